The summed E-state index contributed by atoms with van der Waals surface area (Å²) in [5, 5.41) is 5.74. The summed E-state index contributed by atoms with van der Waals surface area (Å²) in [6.45, 7) is 14.1. The third kappa shape index (κ3) is 7.87. The quantitative estimate of drug-likeness (QED) is 0.104. The molecule has 13 nitrogen and oxygen atoms in total. The molecule has 2 bridgehead atoms. The van der Waals surface area contributed by atoms with Crippen LogP contribution < -0.4 is 10.6 Å². The maximum absolute atomic E-state index is 13.9. The summed E-state index contributed by atoms with van der Waals surface area (Å²) in [4.78, 5) is 59.2. The van der Waals surface area contributed by atoms with Gasteiger partial charge >= 0.3 is 12.2 Å². The fourth-order valence-corrected chi connectivity index (χ4v) is 9.86. The number of imidazole rings is 2. The first-order valence-corrected chi connectivity index (χ1v) is 21.3. The number of ether oxygens (including phenoxy) is 2. The smallest absolute Gasteiger partial charge is 0.407 e. The Balaban J connectivity index is 1.02. The molecule has 3 amide bonds. The van der Waals surface area contributed by atoms with Crippen LogP contribution in [0.5, 0.6) is 0 Å². The average Bonchev–Trinajstić information content (AvgIpc) is 4.10. The molecule has 2 aromatic heterocycles. The van der Waals surface area contributed by atoms with Gasteiger partial charge in [0.25, 0.3) is 0 Å². The minimum absolute atomic E-state index is 0.0195. The Morgan fingerprint density at radius 1 is 0.733 bits per heavy atom. The first kappa shape index (κ1) is 41.1. The first-order valence-electron chi connectivity index (χ1n) is 21.3. The lowest BCUT2D eigenvalue weighted by atomic mass is 9.82. The van der Waals surface area contributed by atoms with Crippen LogP contribution in [0.15, 0.2) is 72.1 Å². The van der Waals surface area contributed by atoms with E-state index in [1.54, 1.807) is 4.90 Å². The van der Waals surface area contributed by atoms with Crippen molar-refractivity contribution in [2.45, 2.75) is 96.8 Å². The predicted octanol–water partition coefficient (Wildman–Crippen LogP) is 8.39. The van der Waals surface area contributed by atoms with Crippen molar-refractivity contribution in [3.63, 3.8) is 0 Å². The van der Waals surface area contributed by atoms with Crippen molar-refractivity contribution < 1.29 is 23.9 Å². The maximum Gasteiger partial charge on any atom is 0.407 e. The van der Waals surface area contributed by atoms with E-state index in [2.05, 4.69) is 94.8 Å². The van der Waals surface area contributed by atoms with E-state index < -0.39 is 18.2 Å². The Morgan fingerprint density at radius 3 is 1.97 bits per heavy atom. The van der Waals surface area contributed by atoms with Crippen LogP contribution in [-0.2, 0) is 14.3 Å². The van der Waals surface area contributed by atoms with E-state index in [4.69, 9.17) is 19.4 Å². The monoisotopic (exact) mass is 814 g/mol. The van der Waals surface area contributed by atoms with E-state index >= 15 is 0 Å². The molecule has 0 saturated heterocycles. The van der Waals surface area contributed by atoms with E-state index in [0.29, 0.717) is 30.7 Å². The van der Waals surface area contributed by atoms with Crippen molar-refractivity contribution in [2.24, 2.45) is 11.8 Å². The molecular weight excluding hydrogens is 757 g/mol. The molecule has 1 saturated carbocycles. The van der Waals surface area contributed by atoms with Gasteiger partial charge in [0.15, 0.2) is 0 Å². The average molecular weight is 815 g/mol. The van der Waals surface area contributed by atoms with Gasteiger partial charge in [0, 0.05) is 31.2 Å². The normalized spacial score (nSPS) is 21.9. The van der Waals surface area contributed by atoms with Crippen LogP contribution in [0.1, 0.15) is 108 Å². The molecule has 0 radical (unpaired) electrons. The van der Waals surface area contributed by atoms with Gasteiger partial charge in [-0.05, 0) is 84.6 Å². The summed E-state index contributed by atoms with van der Waals surface area (Å²) < 4.78 is 9.72. The molecule has 4 heterocycles. The molecule has 2 aromatic carbocycles. The van der Waals surface area contributed by atoms with Crippen LogP contribution in [-0.4, -0.2) is 93.8 Å². The Bertz CT molecular complexity index is 2320. The first-order chi connectivity index (χ1) is 28.8. The highest BCUT2D eigenvalue weighted by Gasteiger charge is 2.41. The number of nitrogens with zero attached hydrogens (tertiary/aromatic N) is 4. The van der Waals surface area contributed by atoms with Gasteiger partial charge in [0.05, 0.1) is 44.0 Å². The largest absolute Gasteiger partial charge is 0.453 e. The Kier molecular flexibility index (Phi) is 11.5. The lowest BCUT2D eigenvalue weighted by Crippen LogP contribution is -2.51. The van der Waals surface area contributed by atoms with Crippen molar-refractivity contribution in [1.29, 1.82) is 0 Å². The number of hydrogen-bond donors (Lipinski definition) is 4. The van der Waals surface area contributed by atoms with Crippen molar-refractivity contribution in [2.75, 3.05) is 33.9 Å². The zero-order chi connectivity index (χ0) is 42.4. The van der Waals surface area contributed by atoms with Crippen molar-refractivity contribution >= 4 is 18.1 Å². The molecule has 4 N–H and O–H groups in total. The third-order valence-corrected chi connectivity index (χ3v) is 13.0. The lowest BCUT2D eigenvalue weighted by Gasteiger charge is -2.30. The van der Waals surface area contributed by atoms with E-state index in [9.17, 15) is 14.4 Å². The van der Waals surface area contributed by atoms with Gasteiger partial charge in [-0.2, -0.15) is 0 Å². The van der Waals surface area contributed by atoms with Gasteiger partial charge < -0.3 is 35.0 Å². The molecule has 0 spiro atoms. The SMILES string of the molecule is COC(=O)NC(CN1CC(C)=CC1c1ncc(-c2ccc(-c3ccc(-c4cnc(C5C=C(C)CN5C(=O)C(NC(=O)OC)C(C)C)[nH]4)c4c3C3CCC4C3)cc2)[nH]1)C(C)C. The topological polar surface area (TPSA) is 158 Å². The number of H-pyrrole nitrogens is 2. The maximum atomic E-state index is 13.9. The fraction of sp³-hybridized carbons (Fsp3) is 0.468. The highest BCUT2D eigenvalue weighted by Crippen LogP contribution is 2.58. The minimum atomic E-state index is -0.720. The molecule has 13 heteroatoms. The van der Waals surface area contributed by atoms with E-state index in [1.807, 2.05) is 33.2 Å². The number of carbonyl (C=O) groups is 3. The Labute approximate surface area is 352 Å². The summed E-state index contributed by atoms with van der Waals surface area (Å²) in [6, 6.07) is 12.1. The number of aromatic amines is 2. The summed E-state index contributed by atoms with van der Waals surface area (Å²) in [6.07, 6.45) is 10.7. The second-order valence-electron chi connectivity index (χ2n) is 17.8. The number of carbonyl (C=O) groups excluding carboxylic acids is 3. The number of fused-ring (bicyclic) bond motifs is 5. The van der Waals surface area contributed by atoms with Gasteiger partial charge in [0.2, 0.25) is 5.91 Å². The summed E-state index contributed by atoms with van der Waals surface area (Å²) in [5.41, 5.74) is 11.8. The molecule has 2 aliphatic carbocycles. The van der Waals surface area contributed by atoms with Crippen molar-refractivity contribution in [3.05, 3.63) is 94.9 Å². The number of benzene rings is 2. The summed E-state index contributed by atoms with van der Waals surface area (Å²) in [7, 11) is 2.70. The number of alkyl carbamates (subject to hydrolysis) is 2. The Morgan fingerprint density at radius 2 is 1.30 bits per heavy atom. The van der Waals surface area contributed by atoms with Gasteiger partial charge in [0.1, 0.15) is 23.7 Å². The Hall–Kier alpha value is -5.69. The number of hydrogen-bond acceptors (Lipinski definition) is 8. The van der Waals surface area contributed by atoms with Crippen molar-refractivity contribution in [3.8, 4) is 33.6 Å². The standard InChI is InChI=1S/C47H58N8O5/c1-25(2)37(52-46(57)59-7)24-54-22-27(5)17-38(54)43-48-20-35(50-43)30-11-9-29(10-12-30)33-15-16-34(41-32-14-13-31(19-32)40(33)41)36-21-49-44(51-36)39-18-28(6)23-55(39)45(56)42(26(3)4)53-47(58)60-8/h9-12,15-18,20-21,25-26,31-32,37-39,42H,13-14,19,22-24H2,1-8H3,(H,48,50)(H,49,51)(H,52,57)(H,53,58). The molecule has 8 rings (SSSR count). The molecule has 1 fully saturated rings. The number of rotatable bonds is 12. The van der Waals surface area contributed by atoms with Crippen LogP contribution >= 0.6 is 0 Å². The zero-order valence-corrected chi connectivity index (χ0v) is 36.0. The van der Waals surface area contributed by atoms with E-state index in [0.717, 1.165) is 41.3 Å². The third-order valence-electron chi connectivity index (χ3n) is 13.0. The highest BCUT2D eigenvalue weighted by atomic mass is 16.5. The van der Waals surface area contributed by atoms with Gasteiger partial charge in [-0.3, -0.25) is 9.69 Å². The molecule has 2 aliphatic heterocycles. The van der Waals surface area contributed by atoms with Crippen LogP contribution in [0.2, 0.25) is 0 Å². The lowest BCUT2D eigenvalue weighted by molar-refractivity contribution is -0.135. The molecule has 4 aromatic rings. The van der Waals surface area contributed by atoms with Crippen LogP contribution in [0.4, 0.5) is 9.59 Å². The van der Waals surface area contributed by atoms with Gasteiger partial charge in [-0.15, -0.1) is 0 Å². The highest BCUT2D eigenvalue weighted by molar-refractivity contribution is 5.87. The molecule has 4 aliphatic rings. The molecule has 316 valence electrons. The van der Waals surface area contributed by atoms with Crippen LogP contribution in [0.3, 0.4) is 0 Å². The summed E-state index contributed by atoms with van der Waals surface area (Å²) >= 11 is 0. The van der Waals surface area contributed by atoms with Crippen LogP contribution in [0.25, 0.3) is 33.6 Å². The summed E-state index contributed by atoms with van der Waals surface area (Å²) in [5.74, 6) is 2.55. The van der Waals surface area contributed by atoms with Gasteiger partial charge in [-0.1, -0.05) is 87.4 Å². The molecular formula is C47H58N8O5. The second kappa shape index (κ2) is 16.8. The second-order valence-corrected chi connectivity index (χ2v) is 17.8. The van der Waals surface area contributed by atoms with E-state index in [1.165, 1.54) is 60.5 Å². The zero-order valence-electron chi connectivity index (χ0n) is 36.0. The van der Waals surface area contributed by atoms with Crippen LogP contribution in [0, 0.1) is 11.8 Å². The number of aromatic nitrogens is 4. The molecule has 6 unspecified atom stereocenters. The minimum Gasteiger partial charge on any atom is -0.453 e. The molecule has 60 heavy (non-hydrogen) atoms. The van der Waals surface area contributed by atoms with Crippen molar-refractivity contribution in [1.82, 2.24) is 40.4 Å². The van der Waals surface area contributed by atoms with E-state index in [-0.39, 0.29) is 35.9 Å². The predicted molar refractivity (Wildman–Crippen MR) is 231 cm³/mol. The number of nitrogens with one attached hydrogen (secondary N) is 4. The molecule has 6 atom stereocenters. The van der Waals surface area contributed by atoms with Gasteiger partial charge in [-0.25, -0.2) is 19.6 Å². The number of methoxy groups -OCH3 is 2. The number of amides is 3. The fourth-order valence-electron chi connectivity index (χ4n) is 9.86.